The van der Waals surface area contributed by atoms with Gasteiger partial charge < -0.3 is 25.6 Å². The maximum absolute atomic E-state index is 5.44. The van der Waals surface area contributed by atoms with E-state index in [1.807, 2.05) is 25.1 Å². The van der Waals surface area contributed by atoms with Gasteiger partial charge >= 0.3 is 0 Å². The Bertz CT molecular complexity index is 1020. The van der Waals surface area contributed by atoms with Crippen molar-refractivity contribution in [2.45, 2.75) is 32.9 Å². The maximum Gasteiger partial charge on any atom is 0.229 e. The molecule has 1 saturated heterocycles. The van der Waals surface area contributed by atoms with Gasteiger partial charge in [0.25, 0.3) is 0 Å². The van der Waals surface area contributed by atoms with E-state index >= 15 is 0 Å². The van der Waals surface area contributed by atoms with Crippen molar-refractivity contribution < 1.29 is 4.74 Å². The molecular weight excluding hydrogens is 394 g/mol. The van der Waals surface area contributed by atoms with Crippen LogP contribution in [-0.4, -0.2) is 64.5 Å². The summed E-state index contributed by atoms with van der Waals surface area (Å²) >= 11 is 0. The van der Waals surface area contributed by atoms with E-state index in [-0.39, 0.29) is 12.1 Å². The first-order chi connectivity index (χ1) is 15.0. The summed E-state index contributed by atoms with van der Waals surface area (Å²) in [5.74, 6) is 2.61. The van der Waals surface area contributed by atoms with Crippen molar-refractivity contribution in [2.75, 3.05) is 48.8 Å². The molecule has 1 fully saturated rings. The smallest absolute Gasteiger partial charge is 0.229 e. The van der Waals surface area contributed by atoms with Gasteiger partial charge in [-0.1, -0.05) is 0 Å². The van der Waals surface area contributed by atoms with E-state index in [0.717, 1.165) is 48.6 Å². The molecule has 0 bridgehead atoms. The van der Waals surface area contributed by atoms with Gasteiger partial charge in [0.2, 0.25) is 5.95 Å². The van der Waals surface area contributed by atoms with Crippen LogP contribution < -0.4 is 20.9 Å². The minimum absolute atomic E-state index is 0.126. The van der Waals surface area contributed by atoms with E-state index in [1.165, 1.54) is 0 Å². The zero-order valence-corrected chi connectivity index (χ0v) is 18.4. The Morgan fingerprint density at radius 1 is 1.10 bits per heavy atom. The summed E-state index contributed by atoms with van der Waals surface area (Å²) in [5, 5.41) is 19.4. The third kappa shape index (κ3) is 4.97. The van der Waals surface area contributed by atoms with Crippen LogP contribution in [0.25, 0.3) is 10.9 Å². The van der Waals surface area contributed by atoms with Crippen molar-refractivity contribution in [2.24, 2.45) is 0 Å². The van der Waals surface area contributed by atoms with E-state index in [4.69, 9.17) is 9.72 Å². The van der Waals surface area contributed by atoms with Gasteiger partial charge in [0.15, 0.2) is 17.5 Å². The molecule has 10 heteroatoms. The number of rotatable bonds is 7. The molecule has 1 aliphatic heterocycles. The second-order valence-electron chi connectivity index (χ2n) is 7.84. The first-order valence-electron chi connectivity index (χ1n) is 10.6. The molecule has 3 aromatic heterocycles. The van der Waals surface area contributed by atoms with Gasteiger partial charge in [-0.15, -0.1) is 10.2 Å². The van der Waals surface area contributed by atoms with E-state index < -0.39 is 0 Å². The van der Waals surface area contributed by atoms with Crippen LogP contribution in [0.2, 0.25) is 0 Å². The highest BCUT2D eigenvalue weighted by Crippen LogP contribution is 2.26. The highest BCUT2D eigenvalue weighted by atomic mass is 16.5. The van der Waals surface area contributed by atoms with Gasteiger partial charge in [-0.05, 0) is 39.0 Å². The number of hydrogen-bond donors (Lipinski definition) is 3. The zero-order chi connectivity index (χ0) is 21.8. The maximum atomic E-state index is 5.44. The molecule has 1 atom stereocenters. The monoisotopic (exact) mass is 423 g/mol. The van der Waals surface area contributed by atoms with Gasteiger partial charge in [-0.25, -0.2) is 15.0 Å². The molecule has 10 nitrogen and oxygen atoms in total. The summed E-state index contributed by atoms with van der Waals surface area (Å²) in [7, 11) is 1.67. The number of anilines is 4. The first-order valence-corrected chi connectivity index (χ1v) is 10.6. The first kappa shape index (κ1) is 21.1. The van der Waals surface area contributed by atoms with Crippen LogP contribution in [0, 0.1) is 0 Å². The summed E-state index contributed by atoms with van der Waals surface area (Å²) in [6, 6.07) is 6.03. The van der Waals surface area contributed by atoms with E-state index in [1.54, 1.807) is 13.3 Å². The Kier molecular flexibility index (Phi) is 6.38. The lowest BCUT2D eigenvalue weighted by Crippen LogP contribution is -2.43. The van der Waals surface area contributed by atoms with E-state index in [2.05, 4.69) is 54.9 Å². The topological polar surface area (TPSA) is 113 Å². The molecule has 0 amide bonds. The quantitative estimate of drug-likeness (QED) is 0.524. The fraction of sp³-hybridized carbons (Fsp3) is 0.476. The minimum atomic E-state index is -0.126. The number of pyridine rings is 1. The van der Waals surface area contributed by atoms with Crippen molar-refractivity contribution >= 4 is 34.3 Å². The Labute approximate surface area is 181 Å². The highest BCUT2D eigenvalue weighted by molar-refractivity contribution is 5.89. The average molecular weight is 424 g/mol. The molecule has 0 aromatic carbocycles. The van der Waals surface area contributed by atoms with Crippen molar-refractivity contribution in [1.29, 1.82) is 0 Å². The number of nitrogens with one attached hydrogen (secondary N) is 3. The van der Waals surface area contributed by atoms with Gasteiger partial charge in [0.1, 0.15) is 5.52 Å². The summed E-state index contributed by atoms with van der Waals surface area (Å²) in [5.41, 5.74) is 1.57. The Morgan fingerprint density at radius 2 is 1.90 bits per heavy atom. The Hall–Kier alpha value is -3.11. The largest absolute Gasteiger partial charge is 0.375 e. The summed E-state index contributed by atoms with van der Waals surface area (Å²) < 4.78 is 5.44. The van der Waals surface area contributed by atoms with Crippen molar-refractivity contribution in [3.8, 4) is 0 Å². The van der Waals surface area contributed by atoms with E-state index in [0.29, 0.717) is 17.6 Å². The van der Waals surface area contributed by atoms with Crippen LogP contribution in [-0.2, 0) is 4.74 Å². The van der Waals surface area contributed by atoms with Gasteiger partial charge in [0, 0.05) is 50.9 Å². The lowest BCUT2D eigenvalue weighted by Gasteiger charge is -2.27. The molecule has 3 aromatic rings. The van der Waals surface area contributed by atoms with Crippen LogP contribution in [0.4, 0.5) is 23.4 Å². The second-order valence-corrected chi connectivity index (χ2v) is 7.84. The number of aromatic nitrogens is 5. The number of ether oxygens (including phenoxy) is 1. The molecule has 0 unspecified atom stereocenters. The van der Waals surface area contributed by atoms with Gasteiger partial charge in [-0.3, -0.25) is 0 Å². The lowest BCUT2D eigenvalue weighted by atomic mass is 10.2. The number of hydrogen-bond acceptors (Lipinski definition) is 10. The Morgan fingerprint density at radius 3 is 2.58 bits per heavy atom. The molecule has 3 N–H and O–H groups in total. The minimum Gasteiger partial charge on any atom is -0.375 e. The van der Waals surface area contributed by atoms with Gasteiger partial charge in [0.05, 0.1) is 11.8 Å². The molecule has 0 radical (unpaired) electrons. The van der Waals surface area contributed by atoms with Crippen LogP contribution in [0.1, 0.15) is 32.6 Å². The predicted molar refractivity (Wildman–Crippen MR) is 122 cm³/mol. The molecular formula is C21H29N9O. The number of methoxy groups -OCH3 is 1. The van der Waals surface area contributed by atoms with Crippen LogP contribution >= 0.6 is 0 Å². The van der Waals surface area contributed by atoms with Gasteiger partial charge in [-0.2, -0.15) is 0 Å². The van der Waals surface area contributed by atoms with Crippen molar-refractivity contribution in [1.82, 2.24) is 30.5 Å². The highest BCUT2D eigenvalue weighted by Gasteiger charge is 2.15. The Balaban J connectivity index is 1.59. The average Bonchev–Trinajstić information content (AvgIpc) is 2.79. The molecule has 31 heavy (non-hydrogen) atoms. The summed E-state index contributed by atoms with van der Waals surface area (Å²) in [6.07, 6.45) is 1.66. The normalized spacial score (nSPS) is 15.3. The SMILES string of the molecule is CO[C@H](C)c1cc2cnc(Nc3ccc(N4CCNCC4)nn3)nc2c(NC(C)C)n1. The molecule has 0 spiro atoms. The van der Waals surface area contributed by atoms with Crippen LogP contribution in [0.15, 0.2) is 24.4 Å². The molecule has 0 saturated carbocycles. The molecule has 0 aliphatic carbocycles. The second kappa shape index (κ2) is 9.36. The lowest BCUT2D eigenvalue weighted by molar-refractivity contribution is 0.116. The van der Waals surface area contributed by atoms with E-state index in [9.17, 15) is 0 Å². The summed E-state index contributed by atoms with van der Waals surface area (Å²) in [4.78, 5) is 16.1. The summed E-state index contributed by atoms with van der Waals surface area (Å²) in [6.45, 7) is 9.87. The molecule has 164 valence electrons. The van der Waals surface area contributed by atoms with Crippen molar-refractivity contribution in [3.63, 3.8) is 0 Å². The third-order valence-electron chi connectivity index (χ3n) is 5.11. The van der Waals surface area contributed by atoms with Crippen molar-refractivity contribution in [3.05, 3.63) is 30.1 Å². The molecule has 1 aliphatic rings. The zero-order valence-electron chi connectivity index (χ0n) is 18.4. The number of piperazine rings is 1. The molecule has 4 rings (SSSR count). The van der Waals surface area contributed by atoms with Crippen LogP contribution in [0.3, 0.4) is 0 Å². The fourth-order valence-corrected chi connectivity index (χ4v) is 3.39. The number of nitrogens with zero attached hydrogens (tertiary/aromatic N) is 6. The van der Waals surface area contributed by atoms with Crippen LogP contribution in [0.5, 0.6) is 0 Å². The number of fused-ring (bicyclic) bond motifs is 1. The predicted octanol–water partition coefficient (Wildman–Crippen LogP) is 2.50. The fourth-order valence-electron chi connectivity index (χ4n) is 3.39. The third-order valence-corrected chi connectivity index (χ3v) is 5.11. The standard InChI is InChI=1S/C21H29N9O/c1-13(2)24-20-19-15(11-16(25-20)14(3)31-4)12-23-21(27-19)26-17-5-6-18(29-28-17)30-9-7-22-8-10-30/h5-6,11-14,22H,7-10H2,1-4H3,(H,24,25)(H,23,26,27,28)/t14-/m1/s1. The molecule has 4 heterocycles.